The topological polar surface area (TPSA) is 60.4 Å². The van der Waals surface area contributed by atoms with Crippen LogP contribution in [0.2, 0.25) is 0 Å². The van der Waals surface area contributed by atoms with E-state index >= 15 is 0 Å². The minimum absolute atomic E-state index is 0. The molecule has 3 unspecified atom stereocenters. The first kappa shape index (κ1) is 26.2. The summed E-state index contributed by atoms with van der Waals surface area (Å²) in [5.74, 6) is 2.10. The number of carbonyl (C=O) groups is 1. The zero-order valence-corrected chi connectivity index (χ0v) is 22.4. The first-order valence-electron chi connectivity index (χ1n) is 12.2. The lowest BCUT2D eigenvalue weighted by atomic mass is 9.83. The summed E-state index contributed by atoms with van der Waals surface area (Å²) >= 11 is 0. The maximum absolute atomic E-state index is 12.2. The van der Waals surface area contributed by atoms with E-state index in [9.17, 15) is 4.79 Å². The van der Waals surface area contributed by atoms with Crippen molar-refractivity contribution in [3.05, 3.63) is 35.9 Å². The molecule has 3 heterocycles. The monoisotopic (exact) mass is 569 g/mol. The molecule has 0 radical (unpaired) electrons. The Balaban J connectivity index is 0.00000306. The van der Waals surface area contributed by atoms with Crippen molar-refractivity contribution in [2.24, 2.45) is 16.8 Å². The quantitative estimate of drug-likeness (QED) is 0.325. The second kappa shape index (κ2) is 12.9. The summed E-state index contributed by atoms with van der Waals surface area (Å²) in [7, 11) is 3.57. The number of likely N-dealkylation sites (N-methyl/N-ethyl adjacent to an activating group) is 1. The standard InChI is InChI=1S/C25H39N5O2.HI/c1-28(2)24(31)16-27-25(26-15-21-11-14-32-19-21)30-13-10-23-22(18-30)9-6-12-29(23)17-20-7-4-3-5-8-20;/h3-5,7-8,21-23H,6,9-19H2,1-2H3,(H,26,27);1H. The number of benzene rings is 1. The Bertz CT molecular complexity index is 769. The molecule has 8 heteroatoms. The number of rotatable bonds is 6. The number of aliphatic imine (C=N–C) groups is 1. The maximum atomic E-state index is 12.2. The van der Waals surface area contributed by atoms with Crippen LogP contribution >= 0.6 is 24.0 Å². The fraction of sp³-hybridized carbons (Fsp3) is 0.680. The van der Waals surface area contributed by atoms with E-state index in [4.69, 9.17) is 9.73 Å². The fourth-order valence-electron chi connectivity index (χ4n) is 5.24. The second-order valence-corrected chi connectivity index (χ2v) is 9.70. The van der Waals surface area contributed by atoms with Crippen molar-refractivity contribution in [1.29, 1.82) is 0 Å². The van der Waals surface area contributed by atoms with Crippen molar-refractivity contribution >= 4 is 35.8 Å². The number of guanidine groups is 1. The van der Waals surface area contributed by atoms with Crippen molar-refractivity contribution in [2.75, 3.05) is 60.0 Å². The predicted molar refractivity (Wildman–Crippen MR) is 143 cm³/mol. The third-order valence-electron chi connectivity index (χ3n) is 7.15. The Morgan fingerprint density at radius 2 is 2.00 bits per heavy atom. The molecule has 1 amide bonds. The SMILES string of the molecule is CN(C)C(=O)CN=C(NCC1CCOC1)N1CCC2C(CCCN2Cc2ccccc2)C1.I. The molecule has 7 nitrogen and oxygen atoms in total. The smallest absolute Gasteiger partial charge is 0.243 e. The zero-order valence-electron chi connectivity index (χ0n) is 20.1. The minimum atomic E-state index is 0. The summed E-state index contributed by atoms with van der Waals surface area (Å²) in [6.45, 7) is 6.95. The average molecular weight is 570 g/mol. The van der Waals surface area contributed by atoms with E-state index in [2.05, 4.69) is 45.4 Å². The molecular weight excluding hydrogens is 529 g/mol. The highest BCUT2D eigenvalue weighted by Crippen LogP contribution is 2.31. The maximum Gasteiger partial charge on any atom is 0.243 e. The molecule has 4 rings (SSSR count). The molecule has 0 aromatic heterocycles. The molecule has 0 bridgehead atoms. The Labute approximate surface area is 215 Å². The highest BCUT2D eigenvalue weighted by molar-refractivity contribution is 14.0. The Hall–Kier alpha value is -1.39. The van der Waals surface area contributed by atoms with Crippen LogP contribution in [0.3, 0.4) is 0 Å². The van der Waals surface area contributed by atoms with Gasteiger partial charge >= 0.3 is 0 Å². The van der Waals surface area contributed by atoms with Crippen LogP contribution in [0, 0.1) is 11.8 Å². The Morgan fingerprint density at radius 1 is 1.18 bits per heavy atom. The van der Waals surface area contributed by atoms with Crippen LogP contribution in [0.15, 0.2) is 35.3 Å². The number of nitrogens with zero attached hydrogens (tertiary/aromatic N) is 4. The molecule has 0 aliphatic carbocycles. The summed E-state index contributed by atoms with van der Waals surface area (Å²) in [5.41, 5.74) is 1.40. The number of carbonyl (C=O) groups excluding carboxylic acids is 1. The molecule has 3 saturated heterocycles. The van der Waals surface area contributed by atoms with Gasteiger partial charge in [0.15, 0.2) is 5.96 Å². The number of hydrogen-bond acceptors (Lipinski definition) is 4. The fourth-order valence-corrected chi connectivity index (χ4v) is 5.24. The van der Waals surface area contributed by atoms with Gasteiger partial charge in [0, 0.05) is 58.8 Å². The minimum Gasteiger partial charge on any atom is -0.381 e. The van der Waals surface area contributed by atoms with Gasteiger partial charge in [0.25, 0.3) is 0 Å². The van der Waals surface area contributed by atoms with Crippen LogP contribution in [0.1, 0.15) is 31.2 Å². The van der Waals surface area contributed by atoms with Gasteiger partial charge < -0.3 is 19.9 Å². The number of nitrogens with one attached hydrogen (secondary N) is 1. The number of ether oxygens (including phenoxy) is 1. The van der Waals surface area contributed by atoms with E-state index in [0.717, 1.165) is 58.2 Å². The molecule has 3 atom stereocenters. The van der Waals surface area contributed by atoms with E-state index < -0.39 is 0 Å². The number of fused-ring (bicyclic) bond motifs is 1. The molecule has 3 aliphatic heterocycles. The third-order valence-corrected chi connectivity index (χ3v) is 7.15. The van der Waals surface area contributed by atoms with Crippen molar-refractivity contribution in [2.45, 2.75) is 38.3 Å². The molecule has 33 heavy (non-hydrogen) atoms. The lowest BCUT2D eigenvalue weighted by Crippen LogP contribution is -2.57. The van der Waals surface area contributed by atoms with E-state index in [1.807, 2.05) is 0 Å². The van der Waals surface area contributed by atoms with Gasteiger partial charge in [-0.1, -0.05) is 30.3 Å². The van der Waals surface area contributed by atoms with E-state index in [1.165, 1.54) is 24.9 Å². The number of hydrogen-bond donors (Lipinski definition) is 1. The molecule has 1 N–H and O–H groups in total. The van der Waals surface area contributed by atoms with Gasteiger partial charge in [-0.2, -0.15) is 0 Å². The van der Waals surface area contributed by atoms with Gasteiger partial charge in [0.05, 0.1) is 6.61 Å². The van der Waals surface area contributed by atoms with Gasteiger partial charge in [0.2, 0.25) is 5.91 Å². The molecule has 1 aromatic rings. The zero-order chi connectivity index (χ0) is 22.3. The molecular formula is C25H40IN5O2. The third kappa shape index (κ3) is 7.29. The highest BCUT2D eigenvalue weighted by atomic mass is 127. The van der Waals surface area contributed by atoms with Crippen LogP contribution in [-0.4, -0.2) is 92.6 Å². The molecule has 3 aliphatic rings. The summed E-state index contributed by atoms with van der Waals surface area (Å²) in [5, 5.41) is 3.58. The van der Waals surface area contributed by atoms with Crippen molar-refractivity contribution in [3.63, 3.8) is 0 Å². The Morgan fingerprint density at radius 3 is 2.73 bits per heavy atom. The molecule has 1 aromatic carbocycles. The van der Waals surface area contributed by atoms with Crippen LogP contribution in [-0.2, 0) is 16.1 Å². The number of halogens is 1. The van der Waals surface area contributed by atoms with Crippen molar-refractivity contribution in [1.82, 2.24) is 20.0 Å². The lowest BCUT2D eigenvalue weighted by Gasteiger charge is -2.48. The first-order valence-corrected chi connectivity index (χ1v) is 12.2. The van der Waals surface area contributed by atoms with Gasteiger partial charge in [-0.15, -0.1) is 24.0 Å². The summed E-state index contributed by atoms with van der Waals surface area (Å²) < 4.78 is 5.54. The first-order chi connectivity index (χ1) is 15.6. The van der Waals surface area contributed by atoms with Crippen molar-refractivity contribution in [3.8, 4) is 0 Å². The van der Waals surface area contributed by atoms with E-state index in [-0.39, 0.29) is 36.4 Å². The highest BCUT2D eigenvalue weighted by Gasteiger charge is 2.37. The largest absolute Gasteiger partial charge is 0.381 e. The molecule has 184 valence electrons. The van der Waals surface area contributed by atoms with Gasteiger partial charge in [-0.3, -0.25) is 9.69 Å². The summed E-state index contributed by atoms with van der Waals surface area (Å²) in [6.07, 6.45) is 4.76. The van der Waals surface area contributed by atoms with E-state index in [0.29, 0.717) is 17.9 Å². The van der Waals surface area contributed by atoms with Gasteiger partial charge in [0.1, 0.15) is 6.54 Å². The second-order valence-electron chi connectivity index (χ2n) is 9.70. The molecule has 3 fully saturated rings. The Kier molecular flexibility index (Phi) is 10.2. The summed E-state index contributed by atoms with van der Waals surface area (Å²) in [6, 6.07) is 11.5. The number of likely N-dealkylation sites (tertiary alicyclic amines) is 2. The van der Waals surface area contributed by atoms with Gasteiger partial charge in [-0.05, 0) is 43.7 Å². The normalized spacial score (nSPS) is 25.8. The van der Waals surface area contributed by atoms with Crippen LogP contribution in [0.5, 0.6) is 0 Å². The van der Waals surface area contributed by atoms with Crippen LogP contribution in [0.4, 0.5) is 0 Å². The van der Waals surface area contributed by atoms with Crippen LogP contribution in [0.25, 0.3) is 0 Å². The predicted octanol–water partition coefficient (Wildman–Crippen LogP) is 2.66. The molecule has 0 saturated carbocycles. The summed E-state index contributed by atoms with van der Waals surface area (Å²) in [4.78, 5) is 23.6. The number of piperidine rings is 2. The van der Waals surface area contributed by atoms with Crippen molar-refractivity contribution < 1.29 is 9.53 Å². The van der Waals surface area contributed by atoms with Crippen LogP contribution < -0.4 is 5.32 Å². The number of amides is 1. The average Bonchev–Trinajstić information content (AvgIpc) is 3.33. The van der Waals surface area contributed by atoms with Gasteiger partial charge in [-0.25, -0.2) is 4.99 Å². The molecule has 0 spiro atoms. The lowest BCUT2D eigenvalue weighted by molar-refractivity contribution is -0.127. The van der Waals surface area contributed by atoms with E-state index in [1.54, 1.807) is 19.0 Å².